The fourth-order valence-corrected chi connectivity index (χ4v) is 3.11. The Bertz CT molecular complexity index is 791. The Morgan fingerprint density at radius 2 is 2.19 bits per heavy atom. The van der Waals surface area contributed by atoms with Crippen molar-refractivity contribution >= 4 is 11.8 Å². The van der Waals surface area contributed by atoms with Crippen molar-refractivity contribution in [3.63, 3.8) is 0 Å². The number of benzene rings is 1. The van der Waals surface area contributed by atoms with Gasteiger partial charge in [0.2, 0.25) is 11.8 Å². The Morgan fingerprint density at radius 1 is 1.42 bits per heavy atom. The zero-order valence-electron chi connectivity index (χ0n) is 14.0. The smallest absolute Gasteiger partial charge is 0.392 e. The predicted octanol–water partition coefficient (Wildman–Crippen LogP) is 2.75. The van der Waals surface area contributed by atoms with Crippen LogP contribution < -0.4 is 5.32 Å². The Hall–Kier alpha value is -2.39. The number of nitrogens with zero attached hydrogens (tertiary/aromatic N) is 2. The number of aliphatic hydroxyl groups is 1. The molecule has 1 amide bonds. The van der Waals surface area contributed by atoms with Crippen molar-refractivity contribution in [1.82, 2.24) is 10.1 Å². The average Bonchev–Trinajstić information content (AvgIpc) is 3.12. The van der Waals surface area contributed by atoms with Crippen molar-refractivity contribution in [1.29, 1.82) is 0 Å². The molecule has 0 saturated carbocycles. The summed E-state index contributed by atoms with van der Waals surface area (Å²) in [4.78, 5) is 13.8. The summed E-state index contributed by atoms with van der Waals surface area (Å²) in [6.45, 7) is 1.82. The van der Waals surface area contributed by atoms with Crippen LogP contribution in [0.1, 0.15) is 29.3 Å². The molecule has 2 N–H and O–H groups in total. The van der Waals surface area contributed by atoms with Crippen LogP contribution in [0.3, 0.4) is 0 Å². The molecule has 2 atom stereocenters. The summed E-state index contributed by atoms with van der Waals surface area (Å²) >= 11 is 0. The van der Waals surface area contributed by atoms with Gasteiger partial charge >= 0.3 is 6.18 Å². The molecule has 9 heteroatoms. The number of hydrogen-bond acceptors (Lipinski definition) is 5. The molecule has 1 saturated heterocycles. The van der Waals surface area contributed by atoms with E-state index in [1.54, 1.807) is 24.0 Å². The number of anilines is 1. The lowest BCUT2D eigenvalue weighted by atomic mass is 10.0. The van der Waals surface area contributed by atoms with E-state index < -0.39 is 29.8 Å². The lowest BCUT2D eigenvalue weighted by molar-refractivity contribution is -0.137. The molecule has 6 nitrogen and oxygen atoms in total. The molecule has 0 bridgehead atoms. The van der Waals surface area contributed by atoms with Gasteiger partial charge in [-0.3, -0.25) is 15.0 Å². The fourth-order valence-electron chi connectivity index (χ4n) is 3.11. The fraction of sp³-hybridized carbons (Fsp3) is 0.412. The van der Waals surface area contributed by atoms with Crippen LogP contribution in [0.25, 0.3) is 0 Å². The maximum Gasteiger partial charge on any atom is 0.416 e. The minimum atomic E-state index is -4.44. The first-order valence-corrected chi connectivity index (χ1v) is 8.05. The van der Waals surface area contributed by atoms with E-state index >= 15 is 0 Å². The van der Waals surface area contributed by atoms with Gasteiger partial charge in [0.1, 0.15) is 0 Å². The summed E-state index contributed by atoms with van der Waals surface area (Å²) in [6.07, 6.45) is -4.90. The molecule has 0 spiro atoms. The minimum Gasteiger partial charge on any atom is -0.392 e. The molecule has 2 unspecified atom stereocenters. The Kier molecular flexibility index (Phi) is 5.01. The molecule has 1 aromatic carbocycles. The van der Waals surface area contributed by atoms with Gasteiger partial charge in [0.05, 0.1) is 23.9 Å². The molecule has 2 heterocycles. The lowest BCUT2D eigenvalue weighted by Crippen LogP contribution is -2.33. The summed E-state index contributed by atoms with van der Waals surface area (Å²) in [5, 5.41) is 16.1. The maximum atomic E-state index is 12.9. The molecule has 140 valence electrons. The number of carbonyl (C=O) groups excluding carboxylic acids is 1. The molecule has 26 heavy (non-hydrogen) atoms. The molecule has 2 aromatic rings. The van der Waals surface area contributed by atoms with Gasteiger partial charge in [-0.1, -0.05) is 17.3 Å². The predicted molar refractivity (Wildman–Crippen MR) is 86.3 cm³/mol. The quantitative estimate of drug-likeness (QED) is 0.867. The number of nitrogens with one attached hydrogen (secondary N) is 1. The van der Waals surface area contributed by atoms with Crippen LogP contribution in [-0.4, -0.2) is 40.3 Å². The normalized spacial score (nSPS) is 21.1. The van der Waals surface area contributed by atoms with Gasteiger partial charge in [0, 0.05) is 18.7 Å². The van der Waals surface area contributed by atoms with Gasteiger partial charge < -0.3 is 9.63 Å². The van der Waals surface area contributed by atoms with Crippen molar-refractivity contribution in [2.75, 3.05) is 18.4 Å². The molecule has 1 aliphatic rings. The highest BCUT2D eigenvalue weighted by atomic mass is 19.4. The summed E-state index contributed by atoms with van der Waals surface area (Å²) < 4.78 is 43.7. The topological polar surface area (TPSA) is 78.6 Å². The van der Waals surface area contributed by atoms with Crippen LogP contribution in [0.4, 0.5) is 19.1 Å². The third-order valence-corrected chi connectivity index (χ3v) is 4.22. The summed E-state index contributed by atoms with van der Waals surface area (Å²) in [5.74, 6) is -0.199. The molecule has 1 aromatic heterocycles. The van der Waals surface area contributed by atoms with E-state index in [1.807, 2.05) is 0 Å². The zero-order valence-corrected chi connectivity index (χ0v) is 14.0. The van der Waals surface area contributed by atoms with Crippen LogP contribution in [0, 0.1) is 6.92 Å². The van der Waals surface area contributed by atoms with Crippen LogP contribution in [0.2, 0.25) is 0 Å². The van der Waals surface area contributed by atoms with Crippen LogP contribution in [0.5, 0.6) is 0 Å². The van der Waals surface area contributed by atoms with Crippen LogP contribution in [0.15, 0.2) is 34.9 Å². The number of aryl methyl sites for hydroxylation is 1. The van der Waals surface area contributed by atoms with E-state index in [4.69, 9.17) is 4.52 Å². The molecule has 1 fully saturated rings. The number of halogens is 3. The monoisotopic (exact) mass is 369 g/mol. The number of alkyl halides is 3. The largest absolute Gasteiger partial charge is 0.416 e. The zero-order chi connectivity index (χ0) is 18.9. The van der Waals surface area contributed by atoms with Crippen LogP contribution in [-0.2, 0) is 11.0 Å². The van der Waals surface area contributed by atoms with E-state index in [9.17, 15) is 23.1 Å². The maximum absolute atomic E-state index is 12.9. The third kappa shape index (κ3) is 4.23. The second kappa shape index (κ2) is 7.08. The van der Waals surface area contributed by atoms with Crippen molar-refractivity contribution in [2.45, 2.75) is 31.7 Å². The van der Waals surface area contributed by atoms with Crippen molar-refractivity contribution < 1.29 is 27.6 Å². The van der Waals surface area contributed by atoms with Gasteiger partial charge in [0.25, 0.3) is 0 Å². The molecular weight excluding hydrogens is 351 g/mol. The standard InChI is InChI=1S/C17H18F3N3O3/c1-10-5-16(26-22-10)21-15(25)9-23-8-13(24)7-14(23)11-3-2-4-12(6-11)17(18,19)20/h2-6,13-14,24H,7-9H2,1H3,(H,21,25). The Labute approximate surface area is 147 Å². The minimum absolute atomic E-state index is 0.0856. The van der Waals surface area contributed by atoms with Gasteiger partial charge in [-0.05, 0) is 31.0 Å². The number of likely N-dealkylation sites (tertiary alicyclic amines) is 1. The second-order valence-electron chi connectivity index (χ2n) is 6.34. The van der Waals surface area contributed by atoms with E-state index in [2.05, 4.69) is 10.5 Å². The van der Waals surface area contributed by atoms with Gasteiger partial charge in [0.15, 0.2) is 0 Å². The van der Waals surface area contributed by atoms with Gasteiger partial charge in [-0.25, -0.2) is 0 Å². The second-order valence-corrected chi connectivity index (χ2v) is 6.34. The number of aliphatic hydroxyl groups excluding tert-OH is 1. The number of β-amino-alcohol motifs (C(OH)–C–C–N with tert-alkyl or cyclic N) is 1. The summed E-state index contributed by atoms with van der Waals surface area (Å²) in [6, 6.07) is 6.04. The first-order valence-electron chi connectivity index (χ1n) is 8.05. The van der Waals surface area contributed by atoms with E-state index in [0.717, 1.165) is 12.1 Å². The van der Waals surface area contributed by atoms with Crippen LogP contribution >= 0.6 is 0 Å². The molecule has 0 aliphatic carbocycles. The van der Waals surface area contributed by atoms with E-state index in [1.165, 1.54) is 6.07 Å². The average molecular weight is 369 g/mol. The number of hydrogen-bond donors (Lipinski definition) is 2. The van der Waals surface area contributed by atoms with E-state index in [-0.39, 0.29) is 25.4 Å². The number of aromatic nitrogens is 1. The first-order chi connectivity index (χ1) is 12.2. The lowest BCUT2D eigenvalue weighted by Gasteiger charge is -2.24. The van der Waals surface area contributed by atoms with Crippen molar-refractivity contribution in [3.05, 3.63) is 47.2 Å². The Morgan fingerprint density at radius 3 is 2.85 bits per heavy atom. The highest BCUT2D eigenvalue weighted by Gasteiger charge is 2.36. The molecule has 3 rings (SSSR count). The van der Waals surface area contributed by atoms with E-state index in [0.29, 0.717) is 11.3 Å². The Balaban J connectivity index is 1.73. The molecule has 1 aliphatic heterocycles. The highest BCUT2D eigenvalue weighted by Crippen LogP contribution is 2.36. The highest BCUT2D eigenvalue weighted by molar-refractivity contribution is 5.91. The first kappa shape index (κ1) is 18.4. The number of amides is 1. The summed E-state index contributed by atoms with van der Waals surface area (Å²) in [7, 11) is 0. The number of carbonyl (C=O) groups is 1. The van der Waals surface area contributed by atoms with Crippen molar-refractivity contribution in [2.24, 2.45) is 0 Å². The SMILES string of the molecule is Cc1cc(NC(=O)CN2CC(O)CC2c2cccc(C(F)(F)F)c2)on1. The van der Waals surface area contributed by atoms with Gasteiger partial charge in [-0.2, -0.15) is 13.2 Å². The third-order valence-electron chi connectivity index (χ3n) is 4.22. The number of rotatable bonds is 4. The molecule has 0 radical (unpaired) electrons. The molecular formula is C17H18F3N3O3. The van der Waals surface area contributed by atoms with Gasteiger partial charge in [-0.15, -0.1) is 0 Å². The van der Waals surface area contributed by atoms with Crippen molar-refractivity contribution in [3.8, 4) is 0 Å². The summed E-state index contributed by atoms with van der Waals surface area (Å²) in [5.41, 5.74) is 0.274.